The molecule has 0 atom stereocenters. The first-order valence-corrected chi connectivity index (χ1v) is 13.1. The predicted molar refractivity (Wildman–Crippen MR) is 150 cm³/mol. The van der Waals surface area contributed by atoms with Crippen molar-refractivity contribution in [2.75, 3.05) is 12.4 Å². The zero-order valence-electron chi connectivity index (χ0n) is 20.5. The van der Waals surface area contributed by atoms with Crippen LogP contribution < -0.4 is 5.32 Å². The van der Waals surface area contributed by atoms with E-state index in [2.05, 4.69) is 68.5 Å². The molecule has 0 aliphatic heterocycles. The average Bonchev–Trinajstić information content (AvgIpc) is 3.53. The summed E-state index contributed by atoms with van der Waals surface area (Å²) in [4.78, 5) is 13.1. The van der Waals surface area contributed by atoms with E-state index < -0.39 is 0 Å². The number of hydrogen-bond donors (Lipinski definition) is 2. The number of benzene rings is 1. The molecule has 0 aliphatic carbocycles. The smallest absolute Gasteiger partial charge is 0.124 e. The summed E-state index contributed by atoms with van der Waals surface area (Å²) in [5, 5.41) is 11.7. The lowest BCUT2D eigenvalue weighted by Crippen LogP contribution is -1.88. The second-order valence-corrected chi connectivity index (χ2v) is 9.42. The number of aromatic amines is 1. The first-order chi connectivity index (χ1) is 17.1. The van der Waals surface area contributed by atoms with Crippen LogP contribution in [0.5, 0.6) is 0 Å². The monoisotopic (exact) mass is 505 g/mol. The Morgan fingerprint density at radius 3 is 2.77 bits per heavy atom. The summed E-state index contributed by atoms with van der Waals surface area (Å²) < 4.78 is 8.04. The molecule has 0 unspecified atom stereocenters. The molecule has 182 valence electrons. The lowest BCUT2D eigenvalue weighted by Gasteiger charge is -2.05. The number of rotatable bonds is 7. The van der Waals surface area contributed by atoms with Gasteiger partial charge < -0.3 is 10.1 Å². The van der Waals surface area contributed by atoms with Crippen LogP contribution >= 0.6 is 23.1 Å². The molecule has 3 heterocycles. The summed E-state index contributed by atoms with van der Waals surface area (Å²) in [7, 11) is 1.95. The highest BCUT2D eigenvalue weighted by atomic mass is 32.1. The normalized spacial score (nSPS) is 10.6. The van der Waals surface area contributed by atoms with Crippen molar-refractivity contribution in [1.82, 2.24) is 18.9 Å². The van der Waals surface area contributed by atoms with Crippen LogP contribution in [0.15, 0.2) is 54.9 Å². The van der Waals surface area contributed by atoms with Gasteiger partial charge in [-0.15, -0.1) is 11.3 Å². The van der Waals surface area contributed by atoms with Gasteiger partial charge in [-0.1, -0.05) is 38.1 Å². The Hall–Kier alpha value is -3.36. The van der Waals surface area contributed by atoms with E-state index in [4.69, 9.17) is 0 Å². The van der Waals surface area contributed by atoms with Crippen molar-refractivity contribution < 1.29 is 4.79 Å². The number of nitrogens with zero attached hydrogens (tertiary/aromatic N) is 3. The van der Waals surface area contributed by atoms with Gasteiger partial charge in [0, 0.05) is 46.1 Å². The third-order valence-corrected chi connectivity index (χ3v) is 7.25. The van der Waals surface area contributed by atoms with E-state index in [1.54, 1.807) is 6.20 Å². The number of thiophene rings is 1. The molecule has 4 rings (SSSR count). The maximum atomic E-state index is 10.3. The number of fused-ring (bicyclic) bond motifs is 1. The standard InChI is InChI=1S/C18H21N3S.C9H10N2OS/c1-4-6-7-12-9-17(22-16(12)5-2)15-10-14(19-3)8-13-11-20-21-18(13)15;1-8-9(5-7-12)4-2-3-6-10-13-11-8/h6-11,19H,4-5H2,1-3H3,(H,20,21);2-4,6-7H,5H2,1H3/b7-6-;. The molecule has 2 N–H and O–H groups in total. The van der Waals surface area contributed by atoms with Crippen LogP contribution in [-0.4, -0.2) is 32.3 Å². The number of hydrogen-bond acceptors (Lipinski definition) is 7. The van der Waals surface area contributed by atoms with Crippen LogP contribution in [0.4, 0.5) is 5.69 Å². The molecule has 3 aromatic heterocycles. The van der Waals surface area contributed by atoms with E-state index in [0.29, 0.717) is 6.42 Å². The molecule has 35 heavy (non-hydrogen) atoms. The number of aromatic nitrogens is 4. The third kappa shape index (κ3) is 7.07. The van der Waals surface area contributed by atoms with Gasteiger partial charge in [-0.3, -0.25) is 5.10 Å². The molecule has 0 fully saturated rings. The molecular weight excluding hydrogens is 474 g/mol. The largest absolute Gasteiger partial charge is 0.388 e. The average molecular weight is 506 g/mol. The highest BCUT2D eigenvalue weighted by Gasteiger charge is 2.12. The Morgan fingerprint density at radius 2 is 2.03 bits per heavy atom. The Labute approximate surface area is 214 Å². The minimum atomic E-state index is 0.403. The number of anilines is 1. The van der Waals surface area contributed by atoms with Crippen molar-refractivity contribution in [3.63, 3.8) is 0 Å². The number of nitrogens with one attached hydrogen (secondary N) is 2. The fraction of sp³-hybridized carbons (Fsp3) is 0.259. The quantitative estimate of drug-likeness (QED) is 0.263. The molecule has 0 aliphatic rings. The van der Waals surface area contributed by atoms with E-state index in [1.165, 1.54) is 20.9 Å². The van der Waals surface area contributed by atoms with Gasteiger partial charge in [-0.25, -0.2) is 0 Å². The number of carbonyl (C=O) groups is 1. The number of aryl methyl sites for hydroxylation is 2. The summed E-state index contributed by atoms with van der Waals surface area (Å²) in [5.74, 6) is 0. The van der Waals surface area contributed by atoms with Gasteiger partial charge in [-0.2, -0.15) is 13.8 Å². The minimum absolute atomic E-state index is 0.403. The molecule has 6 nitrogen and oxygen atoms in total. The van der Waals surface area contributed by atoms with Gasteiger partial charge in [0.1, 0.15) is 6.29 Å². The van der Waals surface area contributed by atoms with E-state index in [0.717, 1.165) is 58.7 Å². The van der Waals surface area contributed by atoms with Crippen LogP contribution in [0, 0.1) is 6.92 Å². The van der Waals surface area contributed by atoms with Gasteiger partial charge >= 0.3 is 0 Å². The number of H-pyrrole nitrogens is 1. The second-order valence-electron chi connectivity index (χ2n) is 7.72. The number of aldehydes is 1. The van der Waals surface area contributed by atoms with Crippen LogP contribution in [-0.2, 0) is 17.6 Å². The van der Waals surface area contributed by atoms with E-state index in [9.17, 15) is 4.79 Å². The molecule has 1 aromatic carbocycles. The summed E-state index contributed by atoms with van der Waals surface area (Å²) in [5.41, 5.74) is 6.56. The van der Waals surface area contributed by atoms with E-state index in [-0.39, 0.29) is 0 Å². The van der Waals surface area contributed by atoms with Crippen molar-refractivity contribution in [3.05, 3.63) is 76.6 Å². The molecule has 0 saturated heterocycles. The summed E-state index contributed by atoms with van der Waals surface area (Å²) in [6, 6.07) is 12.2. The van der Waals surface area contributed by atoms with Gasteiger partial charge in [-0.05, 0) is 55.2 Å². The van der Waals surface area contributed by atoms with Gasteiger partial charge in [0.2, 0.25) is 0 Å². The van der Waals surface area contributed by atoms with Gasteiger partial charge in [0.15, 0.2) is 0 Å². The Kier molecular flexibility index (Phi) is 10.1. The van der Waals surface area contributed by atoms with Crippen molar-refractivity contribution in [2.45, 2.75) is 40.0 Å². The van der Waals surface area contributed by atoms with Crippen LogP contribution in [0.1, 0.15) is 42.0 Å². The second kappa shape index (κ2) is 13.5. The summed E-state index contributed by atoms with van der Waals surface area (Å²) in [6.07, 6.45) is 11.4. The first kappa shape index (κ1) is 26.2. The van der Waals surface area contributed by atoms with Crippen LogP contribution in [0.25, 0.3) is 27.4 Å². The first-order valence-electron chi connectivity index (χ1n) is 11.6. The van der Waals surface area contributed by atoms with E-state index >= 15 is 0 Å². The highest BCUT2D eigenvalue weighted by Crippen LogP contribution is 2.37. The fourth-order valence-electron chi connectivity index (χ4n) is 3.49. The molecule has 0 bridgehead atoms. The summed E-state index contributed by atoms with van der Waals surface area (Å²) >= 11 is 3.00. The molecule has 0 spiro atoms. The highest BCUT2D eigenvalue weighted by molar-refractivity contribution is 7.15. The minimum Gasteiger partial charge on any atom is -0.388 e. The molecule has 4 aromatic rings. The third-order valence-electron chi connectivity index (χ3n) is 5.35. The molecule has 0 saturated carbocycles. The lowest BCUT2D eigenvalue weighted by atomic mass is 10.1. The fourth-order valence-corrected chi connectivity index (χ4v) is 5.01. The summed E-state index contributed by atoms with van der Waals surface area (Å²) in [6.45, 7) is 6.26. The van der Waals surface area contributed by atoms with Crippen molar-refractivity contribution in [2.24, 2.45) is 0 Å². The van der Waals surface area contributed by atoms with Crippen molar-refractivity contribution in [3.8, 4) is 10.4 Å². The molecular formula is C27H31N5OS2. The molecule has 0 radical (unpaired) electrons. The van der Waals surface area contributed by atoms with Crippen molar-refractivity contribution >= 4 is 52.0 Å². The molecule has 0 amide bonds. The SMILES string of the molecule is CC/C=C\c1cc(-c2cc(NC)cc3cn[nH]c23)sc1CC.Cc1nsnccccc1CC=O. The zero-order valence-corrected chi connectivity index (χ0v) is 22.2. The van der Waals surface area contributed by atoms with Crippen LogP contribution in [0.2, 0.25) is 0 Å². The number of allylic oxidation sites excluding steroid dienone is 1. The van der Waals surface area contributed by atoms with Crippen molar-refractivity contribution in [1.29, 1.82) is 0 Å². The maximum absolute atomic E-state index is 10.3. The zero-order chi connectivity index (χ0) is 25.0. The Balaban J connectivity index is 0.000000225. The number of carbonyl (C=O) groups excluding carboxylic acids is 1. The topological polar surface area (TPSA) is 83.6 Å². The van der Waals surface area contributed by atoms with E-state index in [1.807, 2.05) is 49.7 Å². The van der Waals surface area contributed by atoms with Gasteiger partial charge in [0.05, 0.1) is 29.1 Å². The Bertz CT molecular complexity index is 1330. The molecule has 8 heteroatoms. The lowest BCUT2D eigenvalue weighted by molar-refractivity contribution is -0.107. The Morgan fingerprint density at radius 1 is 1.17 bits per heavy atom. The van der Waals surface area contributed by atoms with Crippen LogP contribution in [0.3, 0.4) is 0 Å². The predicted octanol–water partition coefficient (Wildman–Crippen LogP) is 7.03. The van der Waals surface area contributed by atoms with Gasteiger partial charge in [0.25, 0.3) is 0 Å². The maximum Gasteiger partial charge on any atom is 0.124 e.